The second-order valence-corrected chi connectivity index (χ2v) is 14.4. The largest absolute Gasteiger partial charge is 0.493 e. The van der Waals surface area contributed by atoms with Gasteiger partial charge in [-0.1, -0.05) is 76.1 Å². The first-order valence-electron chi connectivity index (χ1n) is 17.7. The lowest BCUT2D eigenvalue weighted by molar-refractivity contribution is -0.134. The summed E-state index contributed by atoms with van der Waals surface area (Å²) >= 11 is 1.53. The normalized spacial score (nSPS) is 14.5. The van der Waals surface area contributed by atoms with Gasteiger partial charge in [0.05, 0.1) is 32.0 Å². The fraction of sp³-hybridized carbons (Fsp3) is 0.564. The first kappa shape index (κ1) is 41.1. The molecule has 11 heteroatoms. The van der Waals surface area contributed by atoms with Gasteiger partial charge in [-0.2, -0.15) is 0 Å². The third kappa shape index (κ3) is 13.8. The fourth-order valence-corrected chi connectivity index (χ4v) is 6.08. The SMILES string of the molecule is CCC(C)C(NC(=O)C(CC(O)C(COCc1ccc(C)c(OCCCOC)c1)NCc1nccs1)C(C)C)C(=O)NCc1ccc(C)cc1. The van der Waals surface area contributed by atoms with E-state index in [2.05, 4.69) is 20.9 Å². The van der Waals surface area contributed by atoms with E-state index >= 15 is 0 Å². The second kappa shape index (κ2) is 21.8. The average molecular weight is 711 g/mol. The number of hydrogen-bond acceptors (Lipinski definition) is 9. The molecule has 0 spiro atoms. The van der Waals surface area contributed by atoms with Crippen LogP contribution < -0.4 is 20.7 Å². The van der Waals surface area contributed by atoms with Crippen LogP contribution in [0.1, 0.15) is 74.2 Å². The molecule has 2 aromatic carbocycles. The lowest BCUT2D eigenvalue weighted by Gasteiger charge is -2.31. The summed E-state index contributed by atoms with van der Waals surface area (Å²) in [5, 5.41) is 23.9. The van der Waals surface area contributed by atoms with Gasteiger partial charge < -0.3 is 35.3 Å². The van der Waals surface area contributed by atoms with Crippen LogP contribution >= 0.6 is 11.3 Å². The van der Waals surface area contributed by atoms with Gasteiger partial charge in [0.25, 0.3) is 0 Å². The summed E-state index contributed by atoms with van der Waals surface area (Å²) in [6.45, 7) is 14.5. The zero-order chi connectivity index (χ0) is 36.5. The van der Waals surface area contributed by atoms with E-state index in [4.69, 9.17) is 14.2 Å². The molecule has 1 aromatic heterocycles. The third-order valence-corrected chi connectivity index (χ3v) is 9.83. The van der Waals surface area contributed by atoms with Crippen molar-refractivity contribution in [1.82, 2.24) is 20.9 Å². The van der Waals surface area contributed by atoms with E-state index < -0.39 is 24.1 Å². The number of aryl methyl sites for hydroxylation is 2. The maximum Gasteiger partial charge on any atom is 0.243 e. The lowest BCUT2D eigenvalue weighted by Crippen LogP contribution is -2.53. The third-order valence-electron chi connectivity index (χ3n) is 9.05. The molecule has 0 aliphatic carbocycles. The number of methoxy groups -OCH3 is 1. The van der Waals surface area contributed by atoms with Crippen LogP contribution in [0, 0.1) is 31.6 Å². The molecule has 0 aliphatic heterocycles. The van der Waals surface area contributed by atoms with Gasteiger partial charge in [0.2, 0.25) is 11.8 Å². The van der Waals surface area contributed by atoms with Crippen LogP contribution in [0.25, 0.3) is 0 Å². The Morgan fingerprint density at radius 1 is 0.980 bits per heavy atom. The van der Waals surface area contributed by atoms with E-state index in [1.807, 2.05) is 89.4 Å². The van der Waals surface area contributed by atoms with Gasteiger partial charge in [-0.3, -0.25) is 9.59 Å². The summed E-state index contributed by atoms with van der Waals surface area (Å²) in [5.74, 6) is -0.326. The minimum Gasteiger partial charge on any atom is -0.493 e. The zero-order valence-electron chi connectivity index (χ0n) is 30.9. The molecule has 0 saturated carbocycles. The number of thiazole rings is 1. The molecule has 1 heterocycles. The molecule has 5 atom stereocenters. The van der Waals surface area contributed by atoms with E-state index in [1.54, 1.807) is 13.3 Å². The van der Waals surface area contributed by atoms with Crippen molar-refractivity contribution in [1.29, 1.82) is 0 Å². The topological polar surface area (TPSA) is 131 Å². The zero-order valence-corrected chi connectivity index (χ0v) is 31.7. The summed E-state index contributed by atoms with van der Waals surface area (Å²) in [6.07, 6.45) is 2.57. The van der Waals surface area contributed by atoms with Gasteiger partial charge in [0.15, 0.2) is 0 Å². The second-order valence-electron chi connectivity index (χ2n) is 13.5. The fourth-order valence-electron chi connectivity index (χ4n) is 5.52. The highest BCUT2D eigenvalue weighted by atomic mass is 32.1. The quantitative estimate of drug-likeness (QED) is 0.0920. The Balaban J connectivity index is 1.66. The van der Waals surface area contributed by atoms with Crippen LogP contribution in [0.15, 0.2) is 54.0 Å². The molecule has 0 saturated heterocycles. The van der Waals surface area contributed by atoms with Crippen molar-refractivity contribution in [3.63, 3.8) is 0 Å². The van der Waals surface area contributed by atoms with Crippen LogP contribution in [0.2, 0.25) is 0 Å². The Bertz CT molecular complexity index is 1420. The molecular formula is C39H58N4O6S. The minimum atomic E-state index is -0.900. The standard InChI is InChI=1S/C39H58N4O6S/c1-8-28(5)37(39(46)42-22-30-13-10-27(4)11-14-30)43-38(45)32(26(2)3)21-34(44)33(41-23-36-40-16-19-50-36)25-48-24-31-15-12-29(6)35(20-31)49-18-9-17-47-7/h10-16,19-20,26,28,32-34,37,41,44H,8-9,17-18,21-25H2,1-7H3,(H,42,46)(H,43,45). The van der Waals surface area contributed by atoms with E-state index in [9.17, 15) is 14.7 Å². The Hall–Kier alpha value is -3.35. The number of nitrogens with one attached hydrogen (secondary N) is 3. The highest BCUT2D eigenvalue weighted by molar-refractivity contribution is 7.09. The number of carbonyl (C=O) groups is 2. The number of aliphatic hydroxyl groups excluding tert-OH is 1. The van der Waals surface area contributed by atoms with Crippen molar-refractivity contribution >= 4 is 23.2 Å². The van der Waals surface area contributed by atoms with Gasteiger partial charge in [0.1, 0.15) is 16.8 Å². The summed E-state index contributed by atoms with van der Waals surface area (Å²) in [7, 11) is 1.68. The molecular weight excluding hydrogens is 653 g/mol. The maximum absolute atomic E-state index is 13.8. The first-order valence-corrected chi connectivity index (χ1v) is 18.6. The molecule has 5 unspecified atom stereocenters. The van der Waals surface area contributed by atoms with Crippen molar-refractivity contribution in [3.05, 3.63) is 81.3 Å². The number of hydrogen-bond donors (Lipinski definition) is 4. The van der Waals surface area contributed by atoms with Crippen molar-refractivity contribution in [2.45, 2.75) is 98.7 Å². The molecule has 3 aromatic rings. The summed E-state index contributed by atoms with van der Waals surface area (Å²) in [4.78, 5) is 31.6. The predicted octanol–water partition coefficient (Wildman–Crippen LogP) is 5.72. The van der Waals surface area contributed by atoms with Gasteiger partial charge >= 0.3 is 0 Å². The lowest BCUT2D eigenvalue weighted by atomic mass is 9.86. The van der Waals surface area contributed by atoms with Gasteiger partial charge in [0, 0.05) is 50.7 Å². The Morgan fingerprint density at radius 2 is 1.72 bits per heavy atom. The molecule has 2 amide bonds. The molecule has 0 fully saturated rings. The van der Waals surface area contributed by atoms with Crippen molar-refractivity contribution in [2.75, 3.05) is 26.9 Å². The van der Waals surface area contributed by atoms with E-state index in [0.717, 1.165) is 45.9 Å². The van der Waals surface area contributed by atoms with Crippen LogP contribution in [0.4, 0.5) is 0 Å². The first-order chi connectivity index (χ1) is 24.0. The van der Waals surface area contributed by atoms with E-state index in [-0.39, 0.29) is 36.7 Å². The molecule has 4 N–H and O–H groups in total. The number of amides is 2. The number of ether oxygens (including phenoxy) is 3. The van der Waals surface area contributed by atoms with Crippen molar-refractivity contribution < 1.29 is 28.9 Å². The molecule has 3 rings (SSSR count). The molecule has 0 bridgehead atoms. The number of rotatable bonds is 23. The van der Waals surface area contributed by atoms with Crippen molar-refractivity contribution in [2.24, 2.45) is 17.8 Å². The van der Waals surface area contributed by atoms with Gasteiger partial charge in [-0.05, 0) is 54.9 Å². The number of aromatic nitrogens is 1. The molecule has 0 aliphatic rings. The van der Waals surface area contributed by atoms with Crippen molar-refractivity contribution in [3.8, 4) is 5.75 Å². The smallest absolute Gasteiger partial charge is 0.243 e. The van der Waals surface area contributed by atoms with Crippen LogP contribution in [-0.2, 0) is 38.8 Å². The summed E-state index contributed by atoms with van der Waals surface area (Å²) in [5.41, 5.74) is 4.15. The number of aliphatic hydroxyl groups is 1. The van der Waals surface area contributed by atoms with Gasteiger partial charge in [-0.15, -0.1) is 11.3 Å². The predicted molar refractivity (Wildman–Crippen MR) is 199 cm³/mol. The Kier molecular flexibility index (Phi) is 17.9. The molecule has 0 radical (unpaired) electrons. The van der Waals surface area contributed by atoms with E-state index in [1.165, 1.54) is 11.3 Å². The average Bonchev–Trinajstić information content (AvgIpc) is 3.63. The number of nitrogens with zero attached hydrogens (tertiary/aromatic N) is 1. The Morgan fingerprint density at radius 3 is 2.38 bits per heavy atom. The molecule has 276 valence electrons. The molecule has 10 nitrogen and oxygen atoms in total. The summed E-state index contributed by atoms with van der Waals surface area (Å²) in [6, 6.07) is 12.9. The van der Waals surface area contributed by atoms with E-state index in [0.29, 0.717) is 32.9 Å². The van der Waals surface area contributed by atoms with Crippen LogP contribution in [-0.4, -0.2) is 67.0 Å². The maximum atomic E-state index is 13.8. The minimum absolute atomic E-state index is 0.0751. The highest BCUT2D eigenvalue weighted by Crippen LogP contribution is 2.23. The summed E-state index contributed by atoms with van der Waals surface area (Å²) < 4.78 is 17.2. The highest BCUT2D eigenvalue weighted by Gasteiger charge is 2.33. The van der Waals surface area contributed by atoms with Crippen LogP contribution in [0.3, 0.4) is 0 Å². The monoisotopic (exact) mass is 710 g/mol. The van der Waals surface area contributed by atoms with Gasteiger partial charge in [-0.25, -0.2) is 4.98 Å². The number of benzene rings is 2. The molecule has 50 heavy (non-hydrogen) atoms. The van der Waals surface area contributed by atoms with Crippen LogP contribution in [0.5, 0.6) is 5.75 Å². The number of carbonyl (C=O) groups excluding carboxylic acids is 2. The Labute approximate surface area is 302 Å².